The fourth-order valence-electron chi connectivity index (χ4n) is 1.59. The van der Waals surface area contributed by atoms with Crippen molar-refractivity contribution in [2.75, 3.05) is 5.32 Å². The molecule has 0 unspecified atom stereocenters. The van der Waals surface area contributed by atoms with E-state index in [-0.39, 0.29) is 12.2 Å². The Morgan fingerprint density at radius 2 is 1.89 bits per heavy atom. The number of benzene rings is 2. The van der Waals surface area contributed by atoms with Crippen LogP contribution in [-0.2, 0) is 6.54 Å². The zero-order chi connectivity index (χ0) is 13.1. The first-order valence-electron chi connectivity index (χ1n) is 5.30. The lowest BCUT2D eigenvalue weighted by Gasteiger charge is -2.09. The van der Waals surface area contributed by atoms with Crippen LogP contribution in [0.1, 0.15) is 5.56 Å². The highest BCUT2D eigenvalue weighted by Crippen LogP contribution is 2.24. The summed E-state index contributed by atoms with van der Waals surface area (Å²) in [6, 6.07) is 8.50. The molecule has 3 N–H and O–H groups in total. The van der Waals surface area contributed by atoms with Crippen molar-refractivity contribution in [2.45, 2.75) is 6.54 Å². The van der Waals surface area contributed by atoms with E-state index in [1.54, 1.807) is 12.1 Å². The quantitative estimate of drug-likeness (QED) is 0.888. The number of anilines is 2. The smallest absolute Gasteiger partial charge is 0.148 e. The van der Waals surface area contributed by atoms with Crippen LogP contribution in [0, 0.1) is 11.6 Å². The second kappa shape index (κ2) is 5.33. The summed E-state index contributed by atoms with van der Waals surface area (Å²) in [4.78, 5) is 0. The summed E-state index contributed by atoms with van der Waals surface area (Å²) in [5, 5.41) is 3.09. The van der Waals surface area contributed by atoms with E-state index in [4.69, 9.17) is 17.3 Å². The Bertz CT molecular complexity index is 573. The van der Waals surface area contributed by atoms with Gasteiger partial charge in [-0.2, -0.15) is 0 Å². The van der Waals surface area contributed by atoms with Crippen molar-refractivity contribution in [3.63, 3.8) is 0 Å². The summed E-state index contributed by atoms with van der Waals surface area (Å²) in [6.07, 6.45) is 0. The molecule has 2 aromatic carbocycles. The topological polar surface area (TPSA) is 38.0 Å². The number of nitrogens with one attached hydrogen (secondary N) is 1. The van der Waals surface area contributed by atoms with E-state index in [1.165, 1.54) is 24.3 Å². The van der Waals surface area contributed by atoms with Crippen molar-refractivity contribution in [1.82, 2.24) is 0 Å². The van der Waals surface area contributed by atoms with Gasteiger partial charge in [0.15, 0.2) is 0 Å². The van der Waals surface area contributed by atoms with Crippen molar-refractivity contribution >= 4 is 23.0 Å². The predicted octanol–water partition coefficient (Wildman–Crippen LogP) is 3.82. The van der Waals surface area contributed by atoms with Gasteiger partial charge in [-0.1, -0.05) is 11.6 Å². The van der Waals surface area contributed by atoms with Crippen molar-refractivity contribution in [3.05, 3.63) is 58.6 Å². The highest BCUT2D eigenvalue weighted by atomic mass is 35.5. The van der Waals surface area contributed by atoms with E-state index in [9.17, 15) is 8.78 Å². The van der Waals surface area contributed by atoms with E-state index < -0.39 is 11.6 Å². The van der Waals surface area contributed by atoms with E-state index in [0.29, 0.717) is 16.3 Å². The number of halogens is 3. The Balaban J connectivity index is 2.30. The zero-order valence-corrected chi connectivity index (χ0v) is 10.1. The Kier molecular flexibility index (Phi) is 3.79. The van der Waals surface area contributed by atoms with Gasteiger partial charge < -0.3 is 11.1 Å². The Hall–Kier alpha value is -1.65. The van der Waals surface area contributed by atoms with Crippen molar-refractivity contribution < 1.29 is 8.78 Å². The molecule has 0 fully saturated rings. The van der Waals surface area contributed by atoms with Gasteiger partial charge in [0.25, 0.3) is 0 Å². The van der Waals surface area contributed by atoms with Crippen LogP contribution in [0.3, 0.4) is 0 Å². The van der Waals surface area contributed by atoms with E-state index in [2.05, 4.69) is 5.32 Å². The maximum Gasteiger partial charge on any atom is 0.148 e. The molecular formula is C13H11ClF2N2. The summed E-state index contributed by atoms with van der Waals surface area (Å²) in [6.45, 7) is 0.218. The molecule has 0 heterocycles. The molecule has 0 saturated heterocycles. The molecule has 2 rings (SSSR count). The first kappa shape index (κ1) is 12.8. The van der Waals surface area contributed by atoms with Crippen LogP contribution in [0.15, 0.2) is 36.4 Å². The maximum atomic E-state index is 13.6. The molecule has 5 heteroatoms. The molecule has 2 nitrogen and oxygen atoms in total. The van der Waals surface area contributed by atoms with Gasteiger partial charge in [0.05, 0.1) is 5.69 Å². The highest BCUT2D eigenvalue weighted by Gasteiger charge is 2.05. The monoisotopic (exact) mass is 268 g/mol. The molecule has 94 valence electrons. The standard InChI is InChI=1S/C13H11ClF2N2/c14-9-1-2-13(12(16)5-9)18-11-4-8(7-17)3-10(15)6-11/h1-6,18H,7,17H2. The summed E-state index contributed by atoms with van der Waals surface area (Å²) in [5.41, 5.74) is 6.75. The van der Waals surface area contributed by atoms with Crippen molar-refractivity contribution in [1.29, 1.82) is 0 Å². The molecule has 0 amide bonds. The minimum Gasteiger partial charge on any atom is -0.353 e. The van der Waals surface area contributed by atoms with Crippen LogP contribution < -0.4 is 11.1 Å². The lowest BCUT2D eigenvalue weighted by Crippen LogP contribution is -2.00. The number of hydrogen-bond donors (Lipinski definition) is 2. The number of hydrogen-bond acceptors (Lipinski definition) is 2. The molecule has 18 heavy (non-hydrogen) atoms. The van der Waals surface area contributed by atoms with E-state index in [0.717, 1.165) is 0 Å². The largest absolute Gasteiger partial charge is 0.353 e. The Labute approximate surface area is 108 Å². The second-order valence-corrected chi connectivity index (χ2v) is 4.24. The molecule has 2 aromatic rings. The van der Waals surface area contributed by atoms with Crippen LogP contribution in [0.25, 0.3) is 0 Å². The third kappa shape index (κ3) is 2.97. The van der Waals surface area contributed by atoms with Gasteiger partial charge in [0, 0.05) is 17.3 Å². The molecule has 0 aromatic heterocycles. The first-order chi connectivity index (χ1) is 8.58. The van der Waals surface area contributed by atoms with Gasteiger partial charge in [-0.3, -0.25) is 0 Å². The molecule has 0 spiro atoms. The lowest BCUT2D eigenvalue weighted by atomic mass is 10.2. The minimum absolute atomic E-state index is 0.218. The third-order valence-corrected chi connectivity index (χ3v) is 2.64. The van der Waals surface area contributed by atoms with Crippen LogP contribution in [0.4, 0.5) is 20.2 Å². The lowest BCUT2D eigenvalue weighted by molar-refractivity contribution is 0.625. The molecule has 0 atom stereocenters. The van der Waals surface area contributed by atoms with Gasteiger partial charge in [-0.15, -0.1) is 0 Å². The summed E-state index contributed by atoms with van der Waals surface area (Å²) in [5.74, 6) is -0.920. The van der Waals surface area contributed by atoms with Crippen LogP contribution >= 0.6 is 11.6 Å². The molecule has 0 saturated carbocycles. The molecule has 0 aliphatic carbocycles. The fourth-order valence-corrected chi connectivity index (χ4v) is 1.75. The summed E-state index contributed by atoms with van der Waals surface area (Å²) < 4.78 is 26.8. The van der Waals surface area contributed by atoms with Gasteiger partial charge in [0.1, 0.15) is 11.6 Å². The maximum absolute atomic E-state index is 13.6. The van der Waals surface area contributed by atoms with Gasteiger partial charge in [0.2, 0.25) is 0 Å². The highest BCUT2D eigenvalue weighted by molar-refractivity contribution is 6.30. The van der Waals surface area contributed by atoms with E-state index >= 15 is 0 Å². The van der Waals surface area contributed by atoms with Crippen LogP contribution in [0.5, 0.6) is 0 Å². The Morgan fingerprint density at radius 3 is 2.56 bits per heavy atom. The van der Waals surface area contributed by atoms with Crippen molar-refractivity contribution in [3.8, 4) is 0 Å². The molecule has 0 bridgehead atoms. The molecular weight excluding hydrogens is 258 g/mol. The Morgan fingerprint density at radius 1 is 1.11 bits per heavy atom. The zero-order valence-electron chi connectivity index (χ0n) is 9.38. The first-order valence-corrected chi connectivity index (χ1v) is 5.68. The summed E-state index contributed by atoms with van der Waals surface area (Å²) in [7, 11) is 0. The van der Waals surface area contributed by atoms with Crippen molar-refractivity contribution in [2.24, 2.45) is 5.73 Å². The average molecular weight is 269 g/mol. The van der Waals surface area contributed by atoms with Gasteiger partial charge >= 0.3 is 0 Å². The van der Waals surface area contributed by atoms with E-state index in [1.807, 2.05) is 0 Å². The number of rotatable bonds is 3. The SMILES string of the molecule is NCc1cc(F)cc(Nc2ccc(Cl)cc2F)c1. The average Bonchev–Trinajstić information content (AvgIpc) is 2.32. The van der Waals surface area contributed by atoms with Gasteiger partial charge in [-0.05, 0) is 42.0 Å². The molecule has 0 aliphatic rings. The summed E-state index contributed by atoms with van der Waals surface area (Å²) >= 11 is 5.65. The fraction of sp³-hybridized carbons (Fsp3) is 0.0769. The normalized spacial score (nSPS) is 10.4. The molecule has 0 radical (unpaired) electrons. The third-order valence-electron chi connectivity index (χ3n) is 2.40. The molecule has 0 aliphatic heterocycles. The predicted molar refractivity (Wildman–Crippen MR) is 69.0 cm³/mol. The van der Waals surface area contributed by atoms with Gasteiger partial charge in [-0.25, -0.2) is 8.78 Å². The van der Waals surface area contributed by atoms with Crippen LogP contribution in [0.2, 0.25) is 5.02 Å². The number of nitrogens with two attached hydrogens (primary N) is 1. The second-order valence-electron chi connectivity index (χ2n) is 3.80. The van der Waals surface area contributed by atoms with Crippen LogP contribution in [-0.4, -0.2) is 0 Å². The minimum atomic E-state index is -0.499.